The molecule has 4 heteroatoms. The maximum absolute atomic E-state index is 11.5. The largest absolute Gasteiger partial charge is 0.364 e. The summed E-state index contributed by atoms with van der Waals surface area (Å²) in [5.74, 6) is 0.120. The maximum Gasteiger partial charge on any atom is 0.268 e. The van der Waals surface area contributed by atoms with Crippen LogP contribution in [0.5, 0.6) is 0 Å². The summed E-state index contributed by atoms with van der Waals surface area (Å²) in [6.07, 6.45) is 0.677. The molecule has 1 amide bonds. The van der Waals surface area contributed by atoms with Crippen molar-refractivity contribution in [3.63, 3.8) is 0 Å². The number of carbonyl (C=O) groups is 1. The number of aromatic nitrogens is 2. The van der Waals surface area contributed by atoms with Gasteiger partial charge in [-0.05, 0) is 12.5 Å². The zero-order chi connectivity index (χ0) is 13.1. The first kappa shape index (κ1) is 12.2. The highest BCUT2D eigenvalue weighted by Gasteiger charge is 2.16. The number of rotatable bonds is 3. The first-order chi connectivity index (χ1) is 8.63. The number of aryl methyl sites for hydroxylation is 2. The first-order valence-corrected chi connectivity index (χ1v) is 5.86. The summed E-state index contributed by atoms with van der Waals surface area (Å²) in [6.45, 7) is 3.82. The van der Waals surface area contributed by atoms with Gasteiger partial charge in [0.05, 0.1) is 0 Å². The number of amides is 1. The van der Waals surface area contributed by atoms with Crippen LogP contribution in [0.2, 0.25) is 0 Å². The fraction of sp³-hybridized carbons (Fsp3) is 0.214. The van der Waals surface area contributed by atoms with Gasteiger partial charge in [0.2, 0.25) is 0 Å². The van der Waals surface area contributed by atoms with Crippen LogP contribution in [-0.4, -0.2) is 15.9 Å². The van der Waals surface area contributed by atoms with E-state index in [0.717, 1.165) is 16.8 Å². The van der Waals surface area contributed by atoms with Gasteiger partial charge in [0, 0.05) is 17.7 Å². The molecule has 18 heavy (non-hydrogen) atoms. The van der Waals surface area contributed by atoms with Crippen molar-refractivity contribution in [2.24, 2.45) is 5.73 Å². The molecule has 0 saturated heterocycles. The number of primary amides is 1. The van der Waals surface area contributed by atoms with E-state index in [1.807, 2.05) is 44.2 Å². The Kier molecular flexibility index (Phi) is 3.37. The van der Waals surface area contributed by atoms with Crippen LogP contribution in [-0.2, 0) is 6.42 Å². The quantitative estimate of drug-likeness (QED) is 0.894. The van der Waals surface area contributed by atoms with Crippen LogP contribution < -0.4 is 5.73 Å². The van der Waals surface area contributed by atoms with Gasteiger partial charge in [0.1, 0.15) is 11.5 Å². The summed E-state index contributed by atoms with van der Waals surface area (Å²) in [6, 6.07) is 9.58. The zero-order valence-corrected chi connectivity index (χ0v) is 10.5. The van der Waals surface area contributed by atoms with Gasteiger partial charge in [-0.25, -0.2) is 9.97 Å². The van der Waals surface area contributed by atoms with Crippen molar-refractivity contribution in [3.8, 4) is 11.1 Å². The number of carbonyl (C=O) groups excluding carboxylic acids is 1. The van der Waals surface area contributed by atoms with Gasteiger partial charge in [0.25, 0.3) is 5.91 Å². The van der Waals surface area contributed by atoms with Crippen molar-refractivity contribution >= 4 is 5.91 Å². The minimum absolute atomic E-state index is 0.297. The van der Waals surface area contributed by atoms with Gasteiger partial charge >= 0.3 is 0 Å². The molecule has 0 spiro atoms. The standard InChI is InChI=1S/C14H15N3O/c1-3-11-16-9(2)12(13(17-11)14(15)18)10-7-5-4-6-8-10/h4-8H,3H2,1-2H3,(H2,15,18). The number of nitrogens with zero attached hydrogens (tertiary/aromatic N) is 2. The van der Waals surface area contributed by atoms with Gasteiger partial charge in [-0.2, -0.15) is 0 Å². The molecule has 92 valence electrons. The molecule has 2 rings (SSSR count). The lowest BCUT2D eigenvalue weighted by atomic mass is 10.0. The minimum Gasteiger partial charge on any atom is -0.364 e. The Hall–Kier alpha value is -2.23. The van der Waals surface area contributed by atoms with E-state index in [9.17, 15) is 4.79 Å². The second kappa shape index (κ2) is 4.96. The highest BCUT2D eigenvalue weighted by atomic mass is 16.1. The summed E-state index contributed by atoms with van der Waals surface area (Å²) in [5.41, 5.74) is 8.12. The van der Waals surface area contributed by atoms with Crippen molar-refractivity contribution in [1.29, 1.82) is 0 Å². The van der Waals surface area contributed by atoms with Crippen LogP contribution in [0.15, 0.2) is 30.3 Å². The van der Waals surface area contributed by atoms with Crippen LogP contribution in [0.1, 0.15) is 28.9 Å². The van der Waals surface area contributed by atoms with E-state index >= 15 is 0 Å². The topological polar surface area (TPSA) is 68.9 Å². The van der Waals surface area contributed by atoms with E-state index in [1.165, 1.54) is 0 Å². The van der Waals surface area contributed by atoms with E-state index in [1.54, 1.807) is 0 Å². The van der Waals surface area contributed by atoms with Crippen molar-refractivity contribution in [3.05, 3.63) is 47.5 Å². The monoisotopic (exact) mass is 241 g/mol. The summed E-state index contributed by atoms with van der Waals surface area (Å²) in [4.78, 5) is 20.2. The summed E-state index contributed by atoms with van der Waals surface area (Å²) < 4.78 is 0. The molecule has 0 unspecified atom stereocenters. The fourth-order valence-corrected chi connectivity index (χ4v) is 1.92. The van der Waals surface area contributed by atoms with Crippen LogP contribution in [0.3, 0.4) is 0 Å². The molecule has 2 aromatic rings. The summed E-state index contributed by atoms with van der Waals surface area (Å²) in [5, 5.41) is 0. The third-order valence-electron chi connectivity index (χ3n) is 2.75. The number of benzene rings is 1. The average molecular weight is 241 g/mol. The molecule has 1 aromatic heterocycles. The van der Waals surface area contributed by atoms with Crippen LogP contribution in [0.4, 0.5) is 0 Å². The third-order valence-corrected chi connectivity index (χ3v) is 2.75. The number of hydrogen-bond acceptors (Lipinski definition) is 3. The highest BCUT2D eigenvalue weighted by Crippen LogP contribution is 2.25. The number of nitrogens with two attached hydrogens (primary N) is 1. The van der Waals surface area contributed by atoms with Crippen molar-refractivity contribution < 1.29 is 4.79 Å². The van der Waals surface area contributed by atoms with Crippen LogP contribution in [0.25, 0.3) is 11.1 Å². The van der Waals surface area contributed by atoms with E-state index < -0.39 is 5.91 Å². The Morgan fingerprint density at radius 3 is 2.44 bits per heavy atom. The summed E-state index contributed by atoms with van der Waals surface area (Å²) >= 11 is 0. The van der Waals surface area contributed by atoms with Gasteiger partial charge in [-0.15, -0.1) is 0 Å². The minimum atomic E-state index is -0.519. The Labute approximate surface area is 106 Å². The molecule has 1 aromatic carbocycles. The molecule has 0 saturated carbocycles. The van der Waals surface area contributed by atoms with Gasteiger partial charge in [0.15, 0.2) is 0 Å². The SMILES string of the molecule is CCc1nc(C)c(-c2ccccc2)c(C(N)=O)n1. The Balaban J connectivity index is 2.70. The van der Waals surface area contributed by atoms with Gasteiger partial charge < -0.3 is 5.73 Å². The Morgan fingerprint density at radius 1 is 1.22 bits per heavy atom. The van der Waals surface area contributed by atoms with Gasteiger partial charge in [-0.1, -0.05) is 37.3 Å². The Morgan fingerprint density at radius 2 is 1.89 bits per heavy atom. The molecular weight excluding hydrogens is 226 g/mol. The first-order valence-electron chi connectivity index (χ1n) is 5.86. The molecule has 0 aliphatic rings. The highest BCUT2D eigenvalue weighted by molar-refractivity contribution is 5.98. The lowest BCUT2D eigenvalue weighted by molar-refractivity contribution is 0.0995. The lowest BCUT2D eigenvalue weighted by Crippen LogP contribution is -2.17. The van der Waals surface area contributed by atoms with Crippen LogP contribution in [0, 0.1) is 6.92 Å². The van der Waals surface area contributed by atoms with Crippen LogP contribution >= 0.6 is 0 Å². The number of hydrogen-bond donors (Lipinski definition) is 1. The summed E-state index contributed by atoms with van der Waals surface area (Å²) in [7, 11) is 0. The molecule has 0 aliphatic carbocycles. The molecule has 0 bridgehead atoms. The molecule has 0 atom stereocenters. The maximum atomic E-state index is 11.5. The molecule has 0 aliphatic heterocycles. The van der Waals surface area contributed by atoms with Crippen molar-refractivity contribution in [2.45, 2.75) is 20.3 Å². The third kappa shape index (κ3) is 2.22. The normalized spacial score (nSPS) is 10.3. The fourth-order valence-electron chi connectivity index (χ4n) is 1.92. The smallest absolute Gasteiger partial charge is 0.268 e. The zero-order valence-electron chi connectivity index (χ0n) is 10.5. The molecule has 2 N–H and O–H groups in total. The molecule has 0 radical (unpaired) electrons. The van der Waals surface area contributed by atoms with E-state index in [2.05, 4.69) is 9.97 Å². The molecule has 1 heterocycles. The molecule has 4 nitrogen and oxygen atoms in total. The lowest BCUT2D eigenvalue weighted by Gasteiger charge is -2.10. The van der Waals surface area contributed by atoms with E-state index in [-0.39, 0.29) is 0 Å². The predicted molar refractivity (Wildman–Crippen MR) is 70.1 cm³/mol. The predicted octanol–water partition coefficient (Wildman–Crippen LogP) is 2.11. The van der Waals surface area contributed by atoms with Crippen molar-refractivity contribution in [2.75, 3.05) is 0 Å². The average Bonchev–Trinajstić information content (AvgIpc) is 2.38. The second-order valence-corrected chi connectivity index (χ2v) is 4.03. The van der Waals surface area contributed by atoms with E-state index in [4.69, 9.17) is 5.73 Å². The van der Waals surface area contributed by atoms with E-state index in [0.29, 0.717) is 17.9 Å². The van der Waals surface area contributed by atoms with Crippen molar-refractivity contribution in [1.82, 2.24) is 9.97 Å². The molecular formula is C14H15N3O. The Bertz CT molecular complexity index is 579. The second-order valence-electron chi connectivity index (χ2n) is 4.03. The molecule has 0 fully saturated rings. The van der Waals surface area contributed by atoms with Gasteiger partial charge in [-0.3, -0.25) is 4.79 Å².